The van der Waals surface area contributed by atoms with Gasteiger partial charge in [0.25, 0.3) is 10.0 Å². The first-order chi connectivity index (χ1) is 9.94. The topological polar surface area (TPSA) is 99.8 Å². The summed E-state index contributed by atoms with van der Waals surface area (Å²) < 4.78 is 28.1. The van der Waals surface area contributed by atoms with Crippen molar-refractivity contribution in [1.29, 1.82) is 0 Å². The Balaban J connectivity index is 2.28. The van der Waals surface area contributed by atoms with E-state index in [-0.39, 0.29) is 5.03 Å². The van der Waals surface area contributed by atoms with E-state index in [1.54, 1.807) is 13.0 Å². The molecule has 0 aliphatic carbocycles. The van der Waals surface area contributed by atoms with Crippen molar-refractivity contribution in [2.24, 2.45) is 0 Å². The number of aromatic amines is 1. The van der Waals surface area contributed by atoms with Crippen molar-refractivity contribution in [2.75, 3.05) is 11.3 Å². The Morgan fingerprint density at radius 3 is 2.81 bits per heavy atom. The van der Waals surface area contributed by atoms with Gasteiger partial charge in [-0.2, -0.15) is 13.5 Å². The van der Waals surface area contributed by atoms with Gasteiger partial charge in [0.2, 0.25) is 0 Å². The molecule has 0 saturated carbocycles. The highest BCUT2D eigenvalue weighted by atomic mass is 79.9. The zero-order chi connectivity index (χ0) is 15.5. The minimum absolute atomic E-state index is 0.0487. The average Bonchev–Trinajstić information content (AvgIpc) is 2.89. The van der Waals surface area contributed by atoms with Gasteiger partial charge in [-0.1, -0.05) is 6.92 Å². The second-order valence-corrected chi connectivity index (χ2v) is 6.96. The van der Waals surface area contributed by atoms with Crippen LogP contribution in [-0.4, -0.2) is 30.1 Å². The molecule has 0 radical (unpaired) electrons. The van der Waals surface area contributed by atoms with Crippen molar-refractivity contribution in [3.63, 3.8) is 0 Å². The van der Waals surface area contributed by atoms with E-state index in [1.807, 2.05) is 6.92 Å². The molecule has 2 aromatic rings. The highest BCUT2D eigenvalue weighted by molar-refractivity contribution is 9.10. The van der Waals surface area contributed by atoms with Crippen LogP contribution in [0.15, 0.2) is 28.0 Å². The second kappa shape index (κ2) is 6.54. The van der Waals surface area contributed by atoms with Gasteiger partial charge < -0.3 is 5.32 Å². The van der Waals surface area contributed by atoms with Gasteiger partial charge in [0.1, 0.15) is 5.82 Å². The Kier molecular flexibility index (Phi) is 4.96. The Labute approximate surface area is 131 Å². The molecule has 0 amide bonds. The summed E-state index contributed by atoms with van der Waals surface area (Å²) in [5, 5.41) is 9.46. The van der Waals surface area contributed by atoms with E-state index >= 15 is 0 Å². The number of sulfonamides is 1. The summed E-state index contributed by atoms with van der Waals surface area (Å²) in [6, 6.07) is 1.79. The van der Waals surface area contributed by atoms with E-state index in [1.165, 1.54) is 12.4 Å². The number of hydrogen-bond donors (Lipinski definition) is 3. The van der Waals surface area contributed by atoms with Crippen LogP contribution in [0.3, 0.4) is 0 Å². The van der Waals surface area contributed by atoms with Gasteiger partial charge in [-0.15, -0.1) is 0 Å². The van der Waals surface area contributed by atoms with Crippen LogP contribution < -0.4 is 10.0 Å². The molecule has 9 heteroatoms. The first-order valence-electron chi connectivity index (χ1n) is 6.32. The molecular weight excluding hydrogens is 358 g/mol. The first-order valence-corrected chi connectivity index (χ1v) is 8.59. The standard InChI is InChI=1S/C12H16BrN5O2S/c1-3-14-5-9-6-16-17-12(9)21(19,20)18-11-8(2)4-10(13)7-15-11/h4,6-7,14H,3,5H2,1-2H3,(H,15,18)(H,16,17). The fraction of sp³-hybridized carbons (Fsp3) is 0.333. The molecule has 0 bridgehead atoms. The van der Waals surface area contributed by atoms with Crippen LogP contribution >= 0.6 is 15.9 Å². The van der Waals surface area contributed by atoms with E-state index in [9.17, 15) is 8.42 Å². The maximum atomic E-state index is 12.4. The number of nitrogens with one attached hydrogen (secondary N) is 3. The summed E-state index contributed by atoms with van der Waals surface area (Å²) in [5.74, 6) is 0.294. The number of anilines is 1. The highest BCUT2D eigenvalue weighted by Gasteiger charge is 2.22. The molecule has 0 aliphatic rings. The third-order valence-corrected chi connectivity index (χ3v) is 4.57. The van der Waals surface area contributed by atoms with Crippen molar-refractivity contribution in [1.82, 2.24) is 20.5 Å². The van der Waals surface area contributed by atoms with Crippen LogP contribution in [0.1, 0.15) is 18.1 Å². The molecule has 0 aliphatic heterocycles. The molecule has 0 unspecified atom stereocenters. The molecule has 114 valence electrons. The maximum Gasteiger partial charge on any atom is 0.280 e. The summed E-state index contributed by atoms with van der Waals surface area (Å²) >= 11 is 3.29. The van der Waals surface area contributed by atoms with E-state index in [2.05, 4.69) is 41.2 Å². The maximum absolute atomic E-state index is 12.4. The number of pyridine rings is 1. The molecule has 21 heavy (non-hydrogen) atoms. The number of nitrogens with zero attached hydrogens (tertiary/aromatic N) is 2. The summed E-state index contributed by atoms with van der Waals surface area (Å²) in [6.07, 6.45) is 3.04. The Bertz CT molecular complexity index is 729. The van der Waals surface area contributed by atoms with Crippen LogP contribution in [0.5, 0.6) is 0 Å². The van der Waals surface area contributed by atoms with Gasteiger partial charge in [-0.3, -0.25) is 9.82 Å². The third-order valence-electron chi connectivity index (χ3n) is 2.79. The third kappa shape index (κ3) is 3.80. The average molecular weight is 374 g/mol. The fourth-order valence-electron chi connectivity index (χ4n) is 1.74. The number of aryl methyl sites for hydroxylation is 1. The van der Waals surface area contributed by atoms with Gasteiger partial charge in [-0.25, -0.2) is 4.98 Å². The van der Waals surface area contributed by atoms with Crippen LogP contribution in [0.2, 0.25) is 0 Å². The van der Waals surface area contributed by atoms with E-state index in [0.29, 0.717) is 17.9 Å². The van der Waals surface area contributed by atoms with Crippen molar-refractivity contribution < 1.29 is 8.42 Å². The molecule has 0 fully saturated rings. The summed E-state index contributed by atoms with van der Waals surface area (Å²) in [5.41, 5.74) is 1.31. The molecule has 0 saturated heterocycles. The molecule has 0 spiro atoms. The normalized spacial score (nSPS) is 11.6. The summed E-state index contributed by atoms with van der Waals surface area (Å²) in [4.78, 5) is 4.08. The fourth-order valence-corrected chi connectivity index (χ4v) is 3.40. The molecule has 2 heterocycles. The SMILES string of the molecule is CCNCc1cn[nH]c1S(=O)(=O)Nc1ncc(Br)cc1C. The van der Waals surface area contributed by atoms with Gasteiger partial charge >= 0.3 is 0 Å². The second-order valence-electron chi connectivity index (χ2n) is 4.43. The van der Waals surface area contributed by atoms with Crippen LogP contribution in [0.25, 0.3) is 0 Å². The number of aromatic nitrogens is 3. The molecular formula is C12H16BrN5O2S. The Morgan fingerprint density at radius 2 is 2.14 bits per heavy atom. The molecule has 7 nitrogen and oxygen atoms in total. The molecule has 3 N–H and O–H groups in total. The monoisotopic (exact) mass is 373 g/mol. The zero-order valence-corrected chi connectivity index (χ0v) is 14.0. The molecule has 2 aromatic heterocycles. The quantitative estimate of drug-likeness (QED) is 0.716. The van der Waals surface area contributed by atoms with Crippen molar-refractivity contribution in [2.45, 2.75) is 25.4 Å². The van der Waals surface area contributed by atoms with E-state index < -0.39 is 10.0 Å². The van der Waals surface area contributed by atoms with Crippen molar-refractivity contribution in [3.05, 3.63) is 34.1 Å². The largest absolute Gasteiger partial charge is 0.313 e. The van der Waals surface area contributed by atoms with Crippen LogP contribution in [-0.2, 0) is 16.6 Å². The first kappa shape index (κ1) is 15.9. The predicted octanol–water partition coefficient (Wildman–Crippen LogP) is 1.79. The minimum atomic E-state index is -3.75. The number of H-pyrrole nitrogens is 1. The summed E-state index contributed by atoms with van der Waals surface area (Å²) in [6.45, 7) is 4.89. The van der Waals surface area contributed by atoms with Crippen LogP contribution in [0.4, 0.5) is 5.82 Å². The van der Waals surface area contributed by atoms with Gasteiger partial charge in [0.05, 0.1) is 6.20 Å². The minimum Gasteiger partial charge on any atom is -0.313 e. The van der Waals surface area contributed by atoms with E-state index in [4.69, 9.17) is 0 Å². The molecule has 2 rings (SSSR count). The lowest BCUT2D eigenvalue weighted by atomic mass is 10.3. The van der Waals surface area contributed by atoms with Gasteiger partial charge in [0.15, 0.2) is 5.03 Å². The molecule has 0 aromatic carbocycles. The number of hydrogen-bond acceptors (Lipinski definition) is 5. The van der Waals surface area contributed by atoms with Gasteiger partial charge in [0, 0.05) is 22.8 Å². The predicted molar refractivity (Wildman–Crippen MR) is 83.5 cm³/mol. The Hall–Kier alpha value is -1.45. The van der Waals surface area contributed by atoms with Gasteiger partial charge in [-0.05, 0) is 41.0 Å². The summed E-state index contributed by atoms with van der Waals surface area (Å²) in [7, 11) is -3.75. The smallest absolute Gasteiger partial charge is 0.280 e. The highest BCUT2D eigenvalue weighted by Crippen LogP contribution is 2.21. The van der Waals surface area contributed by atoms with Crippen molar-refractivity contribution in [3.8, 4) is 0 Å². The Morgan fingerprint density at radius 1 is 1.38 bits per heavy atom. The number of halogens is 1. The lowest BCUT2D eigenvalue weighted by Gasteiger charge is -2.10. The lowest BCUT2D eigenvalue weighted by molar-refractivity contribution is 0.594. The van der Waals surface area contributed by atoms with Crippen molar-refractivity contribution >= 4 is 31.8 Å². The lowest BCUT2D eigenvalue weighted by Crippen LogP contribution is -2.19. The van der Waals surface area contributed by atoms with Crippen LogP contribution in [0, 0.1) is 6.92 Å². The molecule has 0 atom stereocenters. The zero-order valence-electron chi connectivity index (χ0n) is 11.6. The van der Waals surface area contributed by atoms with E-state index in [0.717, 1.165) is 16.6 Å². The number of rotatable bonds is 6.